The number of hydrogen-bond acceptors (Lipinski definition) is 4. The van der Waals surface area contributed by atoms with Gasteiger partial charge in [0.15, 0.2) is 0 Å². The average Bonchev–Trinajstić information content (AvgIpc) is 3.20. The standard InChI is InChI=1S/C22H29N3O2/c1-17(12-15-24-13-5-6-14-24)25(18-8-7-9-19(16-18)27-2)22(26)20-10-3-4-11-21(20)23/h3-4,7-11,16-17H,5-6,12-15,23H2,1-2H3. The van der Waals surface area contributed by atoms with Gasteiger partial charge in [-0.1, -0.05) is 18.2 Å². The molecule has 144 valence electrons. The third kappa shape index (κ3) is 4.61. The van der Waals surface area contributed by atoms with Crippen LogP contribution in [0.25, 0.3) is 0 Å². The van der Waals surface area contributed by atoms with E-state index in [-0.39, 0.29) is 11.9 Å². The van der Waals surface area contributed by atoms with E-state index < -0.39 is 0 Å². The van der Waals surface area contributed by atoms with Gasteiger partial charge in [-0.2, -0.15) is 0 Å². The van der Waals surface area contributed by atoms with Crippen LogP contribution in [-0.2, 0) is 0 Å². The first-order valence-corrected chi connectivity index (χ1v) is 9.64. The molecule has 0 aromatic heterocycles. The van der Waals surface area contributed by atoms with Gasteiger partial charge >= 0.3 is 0 Å². The molecule has 5 nitrogen and oxygen atoms in total. The average molecular weight is 367 g/mol. The molecule has 1 heterocycles. The third-order valence-corrected chi connectivity index (χ3v) is 5.24. The number of benzene rings is 2. The van der Waals surface area contributed by atoms with E-state index in [0.717, 1.165) is 37.5 Å². The summed E-state index contributed by atoms with van der Waals surface area (Å²) in [5.41, 5.74) is 7.95. The quantitative estimate of drug-likeness (QED) is 0.756. The van der Waals surface area contributed by atoms with Gasteiger partial charge in [-0.25, -0.2) is 0 Å². The summed E-state index contributed by atoms with van der Waals surface area (Å²) in [5.74, 6) is 0.661. The van der Waals surface area contributed by atoms with Crippen molar-refractivity contribution in [2.45, 2.75) is 32.2 Å². The Hall–Kier alpha value is -2.53. The molecule has 2 N–H and O–H groups in total. The van der Waals surface area contributed by atoms with Gasteiger partial charge in [-0.3, -0.25) is 4.79 Å². The lowest BCUT2D eigenvalue weighted by molar-refractivity contribution is 0.0976. The van der Waals surface area contributed by atoms with Crippen LogP contribution in [0.1, 0.15) is 36.5 Å². The number of nitrogens with two attached hydrogens (primary N) is 1. The lowest BCUT2D eigenvalue weighted by Gasteiger charge is -2.31. The minimum absolute atomic E-state index is 0.0461. The summed E-state index contributed by atoms with van der Waals surface area (Å²) >= 11 is 0. The predicted molar refractivity (Wildman–Crippen MR) is 110 cm³/mol. The molecule has 0 bridgehead atoms. The minimum atomic E-state index is -0.0738. The molecule has 27 heavy (non-hydrogen) atoms. The van der Waals surface area contributed by atoms with Crippen LogP contribution < -0.4 is 15.4 Å². The van der Waals surface area contributed by atoms with Crippen molar-refractivity contribution in [2.75, 3.05) is 37.4 Å². The predicted octanol–water partition coefficient (Wildman–Crippen LogP) is 3.80. The Bertz CT molecular complexity index is 772. The van der Waals surface area contributed by atoms with Crippen molar-refractivity contribution in [3.63, 3.8) is 0 Å². The number of methoxy groups -OCH3 is 1. The number of hydrogen-bond donors (Lipinski definition) is 1. The molecule has 0 saturated carbocycles. The maximum atomic E-state index is 13.4. The normalized spacial score (nSPS) is 15.5. The summed E-state index contributed by atoms with van der Waals surface area (Å²) in [4.78, 5) is 17.7. The van der Waals surface area contributed by atoms with Crippen molar-refractivity contribution in [1.82, 2.24) is 4.90 Å². The molecule has 1 aliphatic rings. The topological polar surface area (TPSA) is 58.8 Å². The summed E-state index contributed by atoms with van der Waals surface area (Å²) in [5, 5.41) is 0. The number of carbonyl (C=O) groups excluding carboxylic acids is 1. The Morgan fingerprint density at radius 3 is 2.63 bits per heavy atom. The number of nitrogen functional groups attached to an aromatic ring is 1. The Labute approximate surface area is 161 Å². The first-order chi connectivity index (χ1) is 13.1. The zero-order chi connectivity index (χ0) is 19.2. The Kier molecular flexibility index (Phi) is 6.35. The van der Waals surface area contributed by atoms with Crippen LogP contribution in [-0.4, -0.2) is 43.6 Å². The lowest BCUT2D eigenvalue weighted by Crippen LogP contribution is -2.41. The maximum absolute atomic E-state index is 13.4. The molecule has 1 fully saturated rings. The molecule has 1 saturated heterocycles. The van der Waals surface area contributed by atoms with E-state index >= 15 is 0 Å². The van der Waals surface area contributed by atoms with Crippen LogP contribution in [0.15, 0.2) is 48.5 Å². The van der Waals surface area contributed by atoms with Crippen LogP contribution in [0.4, 0.5) is 11.4 Å². The fourth-order valence-corrected chi connectivity index (χ4v) is 3.66. The Morgan fingerprint density at radius 2 is 1.93 bits per heavy atom. The Morgan fingerprint density at radius 1 is 1.19 bits per heavy atom. The van der Waals surface area contributed by atoms with E-state index in [4.69, 9.17) is 10.5 Å². The second kappa shape index (κ2) is 8.91. The van der Waals surface area contributed by atoms with E-state index in [2.05, 4.69) is 11.8 Å². The highest BCUT2D eigenvalue weighted by atomic mass is 16.5. The van der Waals surface area contributed by atoms with E-state index in [9.17, 15) is 4.79 Å². The number of carbonyl (C=O) groups is 1. The molecule has 0 radical (unpaired) electrons. The monoisotopic (exact) mass is 367 g/mol. The van der Waals surface area contributed by atoms with Crippen molar-refractivity contribution in [1.29, 1.82) is 0 Å². The van der Waals surface area contributed by atoms with Crippen molar-refractivity contribution < 1.29 is 9.53 Å². The highest BCUT2D eigenvalue weighted by Gasteiger charge is 2.26. The first kappa shape index (κ1) is 19.2. The number of ether oxygens (including phenoxy) is 1. The maximum Gasteiger partial charge on any atom is 0.260 e. The molecular weight excluding hydrogens is 338 g/mol. The van der Waals surface area contributed by atoms with Crippen molar-refractivity contribution >= 4 is 17.3 Å². The summed E-state index contributed by atoms with van der Waals surface area (Å²) in [6.07, 6.45) is 3.45. The minimum Gasteiger partial charge on any atom is -0.497 e. The van der Waals surface area contributed by atoms with Gasteiger partial charge < -0.3 is 20.3 Å². The third-order valence-electron chi connectivity index (χ3n) is 5.24. The number of para-hydroxylation sites is 1. The summed E-state index contributed by atoms with van der Waals surface area (Å²) in [6, 6.07) is 15.0. The highest BCUT2D eigenvalue weighted by molar-refractivity contribution is 6.09. The van der Waals surface area contributed by atoms with E-state index in [1.807, 2.05) is 41.3 Å². The van der Waals surface area contributed by atoms with Crippen LogP contribution in [0.5, 0.6) is 5.75 Å². The Balaban J connectivity index is 1.87. The molecule has 2 aromatic carbocycles. The zero-order valence-corrected chi connectivity index (χ0v) is 16.2. The molecule has 2 aromatic rings. The van der Waals surface area contributed by atoms with Gasteiger partial charge in [0.25, 0.3) is 5.91 Å². The molecule has 0 spiro atoms. The highest BCUT2D eigenvalue weighted by Crippen LogP contribution is 2.27. The van der Waals surface area contributed by atoms with Gasteiger partial charge in [0, 0.05) is 30.0 Å². The number of nitrogens with zero attached hydrogens (tertiary/aromatic N) is 2. The van der Waals surface area contributed by atoms with E-state index in [0.29, 0.717) is 11.3 Å². The van der Waals surface area contributed by atoms with E-state index in [1.165, 1.54) is 12.8 Å². The van der Waals surface area contributed by atoms with Crippen LogP contribution >= 0.6 is 0 Å². The smallest absolute Gasteiger partial charge is 0.260 e. The molecule has 1 unspecified atom stereocenters. The molecule has 1 atom stereocenters. The molecule has 3 rings (SSSR count). The summed E-state index contributed by atoms with van der Waals surface area (Å²) in [6.45, 7) is 5.42. The fraction of sp³-hybridized carbons (Fsp3) is 0.409. The number of amides is 1. The summed E-state index contributed by atoms with van der Waals surface area (Å²) < 4.78 is 5.36. The second-order valence-electron chi connectivity index (χ2n) is 7.15. The van der Waals surface area contributed by atoms with Crippen LogP contribution in [0, 0.1) is 0 Å². The number of anilines is 2. The second-order valence-corrected chi connectivity index (χ2v) is 7.15. The molecule has 1 amide bonds. The molecule has 5 heteroatoms. The molecule has 1 aliphatic heterocycles. The summed E-state index contributed by atoms with van der Waals surface area (Å²) in [7, 11) is 1.64. The number of rotatable bonds is 7. The van der Waals surface area contributed by atoms with Crippen molar-refractivity contribution in [2.24, 2.45) is 0 Å². The SMILES string of the molecule is COc1cccc(N(C(=O)c2ccccc2N)C(C)CCN2CCCC2)c1. The first-order valence-electron chi connectivity index (χ1n) is 9.64. The van der Waals surface area contributed by atoms with Gasteiger partial charge in [0.05, 0.1) is 12.7 Å². The fourth-order valence-electron chi connectivity index (χ4n) is 3.66. The van der Waals surface area contributed by atoms with Crippen molar-refractivity contribution in [3.05, 3.63) is 54.1 Å². The van der Waals surface area contributed by atoms with Gasteiger partial charge in [-0.15, -0.1) is 0 Å². The van der Waals surface area contributed by atoms with Crippen LogP contribution in [0.3, 0.4) is 0 Å². The van der Waals surface area contributed by atoms with Crippen molar-refractivity contribution in [3.8, 4) is 5.75 Å². The van der Waals surface area contributed by atoms with Gasteiger partial charge in [-0.05, 0) is 63.5 Å². The van der Waals surface area contributed by atoms with Gasteiger partial charge in [0.1, 0.15) is 5.75 Å². The zero-order valence-electron chi connectivity index (χ0n) is 16.2. The van der Waals surface area contributed by atoms with Gasteiger partial charge in [0.2, 0.25) is 0 Å². The van der Waals surface area contributed by atoms with E-state index in [1.54, 1.807) is 19.2 Å². The largest absolute Gasteiger partial charge is 0.497 e. The lowest BCUT2D eigenvalue weighted by atomic mass is 10.1. The number of likely N-dealkylation sites (tertiary alicyclic amines) is 1. The van der Waals surface area contributed by atoms with Crippen LogP contribution in [0.2, 0.25) is 0 Å². The molecular formula is C22H29N3O2. The molecule has 0 aliphatic carbocycles.